The van der Waals surface area contributed by atoms with Gasteiger partial charge < -0.3 is 10.2 Å². The van der Waals surface area contributed by atoms with Crippen molar-refractivity contribution in [1.29, 1.82) is 0 Å². The van der Waals surface area contributed by atoms with Gasteiger partial charge in [-0.2, -0.15) is 8.42 Å². The third-order valence-corrected chi connectivity index (χ3v) is 9.13. The minimum Gasteiger partial charge on any atom is -0.352 e. The maximum atomic E-state index is 13.0. The van der Waals surface area contributed by atoms with Gasteiger partial charge in [0.15, 0.2) is 5.25 Å². The number of hydrogen-bond donors (Lipinski definition) is 2. The summed E-state index contributed by atoms with van der Waals surface area (Å²) in [5.41, 5.74) is 2.43. The highest BCUT2D eigenvalue weighted by Gasteiger charge is 2.48. The number of hydrogen-bond acceptors (Lipinski definition) is 10. The molecule has 0 radical (unpaired) electrons. The molecule has 1 atom stereocenters. The highest BCUT2D eigenvalue weighted by Crippen LogP contribution is 2.40. The van der Waals surface area contributed by atoms with Crippen LogP contribution in [0.25, 0.3) is 0 Å². The van der Waals surface area contributed by atoms with E-state index >= 15 is 0 Å². The Balaban J connectivity index is 1.43. The third kappa shape index (κ3) is 7.79. The molecule has 2 aromatic rings. The van der Waals surface area contributed by atoms with Gasteiger partial charge in [0.1, 0.15) is 5.03 Å². The zero-order valence-corrected chi connectivity index (χ0v) is 23.2. The Bertz CT molecular complexity index is 1320. The van der Waals surface area contributed by atoms with Crippen molar-refractivity contribution in [1.82, 2.24) is 15.4 Å². The van der Waals surface area contributed by atoms with Gasteiger partial charge >= 0.3 is 5.97 Å². The predicted molar refractivity (Wildman–Crippen MR) is 141 cm³/mol. The lowest BCUT2D eigenvalue weighted by Gasteiger charge is -2.15. The molecule has 204 valence electrons. The number of carbonyl (C=O) groups is 4. The fourth-order valence-electron chi connectivity index (χ4n) is 3.58. The van der Waals surface area contributed by atoms with Gasteiger partial charge in [-0.3, -0.25) is 18.9 Å². The number of aromatic nitrogens is 1. The first-order chi connectivity index (χ1) is 18.0. The molecule has 1 aromatic heterocycles. The number of hydroxylamine groups is 2. The summed E-state index contributed by atoms with van der Waals surface area (Å²) in [5, 5.41) is 1.87. The van der Waals surface area contributed by atoms with E-state index in [4.69, 9.17) is 9.39 Å². The summed E-state index contributed by atoms with van der Waals surface area (Å²) in [6, 6.07) is 9.51. The summed E-state index contributed by atoms with van der Waals surface area (Å²) in [5.74, 6) is -3.39. The topological polar surface area (TPSA) is 160 Å². The fraction of sp³-hybridized carbons (Fsp3) is 0.375. The van der Waals surface area contributed by atoms with Gasteiger partial charge in [-0.15, -0.1) is 5.06 Å². The van der Waals surface area contributed by atoms with Crippen molar-refractivity contribution < 1.29 is 37.0 Å². The van der Waals surface area contributed by atoms with Crippen LogP contribution in [0.2, 0.25) is 0 Å². The highest BCUT2D eigenvalue weighted by molar-refractivity contribution is 8.76. The van der Waals surface area contributed by atoms with Crippen molar-refractivity contribution >= 4 is 55.4 Å². The van der Waals surface area contributed by atoms with Crippen LogP contribution in [0.1, 0.15) is 53.6 Å². The molecule has 11 nitrogen and oxygen atoms in total. The molecule has 3 amide bonds. The molecule has 1 unspecified atom stereocenters. The van der Waals surface area contributed by atoms with Gasteiger partial charge in [-0.05, 0) is 71.5 Å². The second kappa shape index (κ2) is 13.2. The van der Waals surface area contributed by atoms with Gasteiger partial charge in [0, 0.05) is 24.1 Å². The van der Waals surface area contributed by atoms with Crippen LogP contribution in [0.15, 0.2) is 46.5 Å². The third-order valence-electron chi connectivity index (χ3n) is 5.60. The molecule has 2 heterocycles. The van der Waals surface area contributed by atoms with E-state index in [1.807, 2.05) is 44.2 Å². The number of carbonyl (C=O) groups excluding carboxylic acids is 4. The molecule has 0 spiro atoms. The number of nitrogens with one attached hydrogen (secondary N) is 1. The summed E-state index contributed by atoms with van der Waals surface area (Å²) in [7, 11) is -1.83. The van der Waals surface area contributed by atoms with Gasteiger partial charge in [0.25, 0.3) is 27.8 Å². The number of unbranched alkanes of at least 4 members (excludes halogenated alkanes) is 2. The molecular formula is C24H27N3O8S3. The lowest BCUT2D eigenvalue weighted by Crippen LogP contribution is -2.36. The average Bonchev–Trinajstić information content (AvgIpc) is 3.15. The standard InChI is InChI=1S/C24H27N3O8S3/c1-15-10-11-16(2)22(37-36-18-8-5-7-12-25-18)21(15)23(30)26-13-6-3-4-9-20(29)35-27-19(28)14-17(24(27)31)38(32,33)34/h5,7-8,10-12,17H,3-4,6,9,13-14H2,1-2H3,(H,26,30)(H,32,33,34). The van der Waals surface area contributed by atoms with E-state index < -0.39 is 39.6 Å². The Hall–Kier alpha value is -2.94. The van der Waals surface area contributed by atoms with Crippen LogP contribution < -0.4 is 5.32 Å². The molecule has 0 aliphatic carbocycles. The summed E-state index contributed by atoms with van der Waals surface area (Å²) >= 11 is 0. The lowest BCUT2D eigenvalue weighted by molar-refractivity contribution is -0.197. The number of amides is 3. The molecule has 1 aliphatic heterocycles. The van der Waals surface area contributed by atoms with Crippen LogP contribution in [0.3, 0.4) is 0 Å². The molecule has 2 N–H and O–H groups in total. The van der Waals surface area contributed by atoms with Crippen LogP contribution in [0, 0.1) is 13.8 Å². The zero-order valence-electron chi connectivity index (χ0n) is 20.7. The minimum absolute atomic E-state index is 0.0902. The quantitative estimate of drug-likeness (QED) is 0.164. The Morgan fingerprint density at radius 1 is 1.11 bits per heavy atom. The molecule has 1 fully saturated rings. The van der Waals surface area contributed by atoms with E-state index in [1.54, 1.807) is 6.20 Å². The monoisotopic (exact) mass is 581 g/mol. The van der Waals surface area contributed by atoms with Crippen LogP contribution in [-0.4, -0.2) is 58.5 Å². The molecule has 1 saturated heterocycles. The Morgan fingerprint density at radius 3 is 2.50 bits per heavy atom. The molecular weight excluding hydrogens is 554 g/mol. The summed E-state index contributed by atoms with van der Waals surface area (Å²) in [6.45, 7) is 4.20. The van der Waals surface area contributed by atoms with Crippen molar-refractivity contribution in [3.8, 4) is 0 Å². The highest BCUT2D eigenvalue weighted by atomic mass is 33.1. The summed E-state index contributed by atoms with van der Waals surface area (Å²) in [6.07, 6.45) is 2.29. The van der Waals surface area contributed by atoms with Crippen LogP contribution in [0.4, 0.5) is 0 Å². The number of aryl methyl sites for hydroxylation is 2. The second-order valence-electron chi connectivity index (χ2n) is 8.50. The van der Waals surface area contributed by atoms with Crippen LogP contribution in [0.5, 0.6) is 0 Å². The Kier molecular flexibility index (Phi) is 10.3. The SMILES string of the molecule is Cc1ccc(C)c(C(=O)NCCCCCC(=O)ON2C(=O)CC(S(=O)(=O)O)C2=O)c1SSc1ccccn1. The van der Waals surface area contributed by atoms with E-state index in [9.17, 15) is 27.6 Å². The van der Waals surface area contributed by atoms with Crippen molar-refractivity contribution in [2.75, 3.05) is 6.54 Å². The van der Waals surface area contributed by atoms with Crippen molar-refractivity contribution in [2.45, 2.75) is 61.1 Å². The fourth-order valence-corrected chi connectivity index (χ4v) is 6.67. The number of pyridine rings is 1. The van der Waals surface area contributed by atoms with Crippen LogP contribution in [-0.2, 0) is 29.3 Å². The molecule has 1 aromatic carbocycles. The van der Waals surface area contributed by atoms with Crippen LogP contribution >= 0.6 is 21.6 Å². The van der Waals surface area contributed by atoms with E-state index in [-0.39, 0.29) is 17.4 Å². The van der Waals surface area contributed by atoms with Gasteiger partial charge in [0.05, 0.1) is 12.0 Å². The first-order valence-electron chi connectivity index (χ1n) is 11.7. The molecule has 0 bridgehead atoms. The summed E-state index contributed by atoms with van der Waals surface area (Å²) < 4.78 is 31.3. The molecule has 38 heavy (non-hydrogen) atoms. The first-order valence-corrected chi connectivity index (χ1v) is 15.3. The van der Waals surface area contributed by atoms with E-state index in [2.05, 4.69) is 10.3 Å². The second-order valence-corrected chi connectivity index (χ2v) is 12.3. The normalized spacial score (nSPS) is 15.6. The Morgan fingerprint density at radius 2 is 1.84 bits per heavy atom. The van der Waals surface area contributed by atoms with Crippen molar-refractivity contribution in [3.63, 3.8) is 0 Å². The zero-order chi connectivity index (χ0) is 27.9. The molecule has 1 aliphatic rings. The smallest absolute Gasteiger partial charge is 0.333 e. The maximum absolute atomic E-state index is 13.0. The maximum Gasteiger partial charge on any atom is 0.333 e. The number of rotatable bonds is 12. The minimum atomic E-state index is -4.78. The average molecular weight is 582 g/mol. The summed E-state index contributed by atoms with van der Waals surface area (Å²) in [4.78, 5) is 58.5. The first kappa shape index (κ1) is 29.6. The number of benzene rings is 1. The largest absolute Gasteiger partial charge is 0.352 e. The molecule has 14 heteroatoms. The number of imide groups is 1. The molecule has 0 saturated carbocycles. The van der Waals surface area contributed by atoms with Crippen molar-refractivity contribution in [2.24, 2.45) is 0 Å². The van der Waals surface area contributed by atoms with E-state index in [1.165, 1.54) is 21.6 Å². The predicted octanol–water partition coefficient (Wildman–Crippen LogP) is 3.26. The van der Waals surface area contributed by atoms with Crippen molar-refractivity contribution in [3.05, 3.63) is 53.2 Å². The molecule has 3 rings (SSSR count). The van der Waals surface area contributed by atoms with Gasteiger partial charge in [-0.1, -0.05) is 24.6 Å². The lowest BCUT2D eigenvalue weighted by atomic mass is 10.0. The Labute approximate surface area is 228 Å². The van der Waals surface area contributed by atoms with Gasteiger partial charge in [0.2, 0.25) is 0 Å². The van der Waals surface area contributed by atoms with E-state index in [0.717, 1.165) is 21.0 Å². The van der Waals surface area contributed by atoms with E-state index in [0.29, 0.717) is 31.4 Å². The number of nitrogens with zero attached hydrogens (tertiary/aromatic N) is 2. The van der Waals surface area contributed by atoms with Gasteiger partial charge in [-0.25, -0.2) is 9.78 Å².